The fraction of sp³-hybridized carbons (Fsp3) is 0.909. The highest BCUT2D eigenvalue weighted by Crippen LogP contribution is 2.17. The zero-order valence-corrected chi connectivity index (χ0v) is 9.91. The lowest BCUT2D eigenvalue weighted by Gasteiger charge is -2.43. The normalized spacial score (nSPS) is 29.3. The van der Waals surface area contributed by atoms with Crippen LogP contribution in [0.2, 0.25) is 0 Å². The number of carbonyl (C=O) groups is 1. The SMILES string of the molecule is CC1CN(C2CCNCC2)CCN1C([NH])=O. The van der Waals surface area contributed by atoms with E-state index in [0.717, 1.165) is 26.2 Å². The summed E-state index contributed by atoms with van der Waals surface area (Å²) < 4.78 is 0. The van der Waals surface area contributed by atoms with Crippen LogP contribution in [0.25, 0.3) is 0 Å². The van der Waals surface area contributed by atoms with Crippen molar-refractivity contribution >= 4 is 6.03 Å². The number of nitrogens with one attached hydrogen (secondary N) is 2. The Kier molecular flexibility index (Phi) is 3.66. The van der Waals surface area contributed by atoms with Gasteiger partial charge in [0.25, 0.3) is 0 Å². The van der Waals surface area contributed by atoms with Gasteiger partial charge in [0.2, 0.25) is 0 Å². The Balaban J connectivity index is 1.88. The van der Waals surface area contributed by atoms with Crippen LogP contribution < -0.4 is 11.1 Å². The number of nitrogens with zero attached hydrogens (tertiary/aromatic N) is 2. The molecule has 2 rings (SSSR count). The average molecular weight is 225 g/mol. The highest BCUT2D eigenvalue weighted by Gasteiger charge is 2.30. The van der Waals surface area contributed by atoms with Gasteiger partial charge in [0.05, 0.1) is 0 Å². The molecule has 2 fully saturated rings. The van der Waals surface area contributed by atoms with E-state index in [1.54, 1.807) is 4.90 Å². The zero-order valence-electron chi connectivity index (χ0n) is 9.91. The largest absolute Gasteiger partial charge is 0.336 e. The second-order valence-electron chi connectivity index (χ2n) is 4.82. The number of urea groups is 1. The summed E-state index contributed by atoms with van der Waals surface area (Å²) in [5.74, 6) is 0. The van der Waals surface area contributed by atoms with Crippen LogP contribution in [0.1, 0.15) is 19.8 Å². The maximum Gasteiger partial charge on any atom is 0.336 e. The molecule has 0 aromatic rings. The predicted octanol–water partition coefficient (Wildman–Crippen LogP) is 0.147. The fourth-order valence-corrected chi connectivity index (χ4v) is 2.79. The summed E-state index contributed by atoms with van der Waals surface area (Å²) in [5.41, 5.74) is 7.17. The number of rotatable bonds is 1. The van der Waals surface area contributed by atoms with Crippen LogP contribution in [0.3, 0.4) is 0 Å². The molecular weight excluding hydrogens is 204 g/mol. The Bertz CT molecular complexity index is 252. The van der Waals surface area contributed by atoms with Crippen molar-refractivity contribution in [3.63, 3.8) is 0 Å². The van der Waals surface area contributed by atoms with Crippen LogP contribution in [0.15, 0.2) is 0 Å². The van der Waals surface area contributed by atoms with Crippen LogP contribution in [0.4, 0.5) is 4.79 Å². The van der Waals surface area contributed by atoms with Crippen LogP contribution in [-0.2, 0) is 0 Å². The summed E-state index contributed by atoms with van der Waals surface area (Å²) in [6, 6.07) is 0.331. The van der Waals surface area contributed by atoms with Gasteiger partial charge < -0.3 is 10.2 Å². The smallest absolute Gasteiger partial charge is 0.318 e. The van der Waals surface area contributed by atoms with Gasteiger partial charge in [-0.15, -0.1) is 0 Å². The number of hydrogen-bond donors (Lipinski definition) is 1. The first-order valence-corrected chi connectivity index (χ1v) is 6.15. The van der Waals surface area contributed by atoms with E-state index in [9.17, 15) is 4.79 Å². The van der Waals surface area contributed by atoms with Gasteiger partial charge in [0, 0.05) is 31.7 Å². The first-order valence-electron chi connectivity index (χ1n) is 6.15. The van der Waals surface area contributed by atoms with Crippen molar-refractivity contribution < 1.29 is 4.79 Å². The Morgan fingerprint density at radius 1 is 1.31 bits per heavy atom. The number of piperidine rings is 1. The van der Waals surface area contributed by atoms with Crippen LogP contribution in [0.5, 0.6) is 0 Å². The Morgan fingerprint density at radius 3 is 2.56 bits per heavy atom. The molecule has 16 heavy (non-hydrogen) atoms. The third kappa shape index (κ3) is 2.47. The highest BCUT2D eigenvalue weighted by molar-refractivity contribution is 5.71. The van der Waals surface area contributed by atoms with Crippen molar-refractivity contribution in [2.75, 3.05) is 32.7 Å². The minimum absolute atomic E-state index is 0.189. The number of carbonyl (C=O) groups excluding carboxylic acids is 1. The molecule has 5 heteroatoms. The molecule has 2 heterocycles. The van der Waals surface area contributed by atoms with Gasteiger partial charge in [-0.25, -0.2) is 10.5 Å². The van der Waals surface area contributed by atoms with Crippen molar-refractivity contribution in [1.82, 2.24) is 20.9 Å². The predicted molar refractivity (Wildman–Crippen MR) is 62.1 cm³/mol. The molecule has 0 aromatic carbocycles. The average Bonchev–Trinajstić information content (AvgIpc) is 2.29. The molecule has 2 amide bonds. The molecular formula is C11H21N4O. The molecule has 1 radical (unpaired) electrons. The zero-order chi connectivity index (χ0) is 11.5. The first-order chi connectivity index (χ1) is 7.68. The molecule has 0 saturated carbocycles. The van der Waals surface area contributed by atoms with E-state index in [2.05, 4.69) is 10.2 Å². The third-order valence-corrected chi connectivity index (χ3v) is 3.74. The summed E-state index contributed by atoms with van der Waals surface area (Å²) in [6.07, 6.45) is 2.42. The lowest BCUT2D eigenvalue weighted by Crippen LogP contribution is -2.57. The molecule has 0 bridgehead atoms. The van der Waals surface area contributed by atoms with E-state index < -0.39 is 6.03 Å². The molecule has 91 valence electrons. The van der Waals surface area contributed by atoms with E-state index in [1.165, 1.54) is 12.8 Å². The molecule has 2 aliphatic heterocycles. The lowest BCUT2D eigenvalue weighted by molar-refractivity contribution is 0.0650. The molecule has 1 atom stereocenters. The maximum absolute atomic E-state index is 11.1. The van der Waals surface area contributed by atoms with Crippen LogP contribution in [0, 0.1) is 0 Å². The summed E-state index contributed by atoms with van der Waals surface area (Å²) in [6.45, 7) is 6.83. The molecule has 0 aromatic heterocycles. The number of piperazine rings is 1. The van der Waals surface area contributed by atoms with Gasteiger partial charge in [-0.1, -0.05) is 0 Å². The molecule has 2 aliphatic rings. The summed E-state index contributed by atoms with van der Waals surface area (Å²) in [7, 11) is 0. The number of amides is 2. The second-order valence-corrected chi connectivity index (χ2v) is 4.82. The molecule has 0 spiro atoms. The first kappa shape index (κ1) is 11.7. The lowest BCUT2D eigenvalue weighted by atomic mass is 10.0. The summed E-state index contributed by atoms with van der Waals surface area (Å²) >= 11 is 0. The molecule has 0 aliphatic carbocycles. The van der Waals surface area contributed by atoms with E-state index in [0.29, 0.717) is 12.6 Å². The van der Waals surface area contributed by atoms with Gasteiger partial charge in [-0.05, 0) is 32.9 Å². The summed E-state index contributed by atoms with van der Waals surface area (Å²) in [4.78, 5) is 15.2. The van der Waals surface area contributed by atoms with Crippen molar-refractivity contribution in [3.05, 3.63) is 0 Å². The monoisotopic (exact) mass is 225 g/mol. The van der Waals surface area contributed by atoms with E-state index >= 15 is 0 Å². The third-order valence-electron chi connectivity index (χ3n) is 3.74. The van der Waals surface area contributed by atoms with Crippen molar-refractivity contribution in [2.45, 2.75) is 31.8 Å². The van der Waals surface area contributed by atoms with E-state index in [-0.39, 0.29) is 6.04 Å². The van der Waals surface area contributed by atoms with Gasteiger partial charge in [-0.3, -0.25) is 4.90 Å². The Hall–Kier alpha value is -0.810. The summed E-state index contributed by atoms with van der Waals surface area (Å²) in [5, 5.41) is 3.37. The van der Waals surface area contributed by atoms with Crippen molar-refractivity contribution in [2.24, 2.45) is 0 Å². The van der Waals surface area contributed by atoms with Gasteiger partial charge in [0.1, 0.15) is 0 Å². The minimum Gasteiger partial charge on any atom is -0.318 e. The quantitative estimate of drug-likeness (QED) is 0.691. The highest BCUT2D eigenvalue weighted by atomic mass is 16.2. The molecule has 2 N–H and O–H groups in total. The van der Waals surface area contributed by atoms with E-state index in [4.69, 9.17) is 5.73 Å². The fourth-order valence-electron chi connectivity index (χ4n) is 2.79. The minimum atomic E-state index is -0.530. The Labute approximate surface area is 96.9 Å². The number of hydrogen-bond acceptors (Lipinski definition) is 3. The van der Waals surface area contributed by atoms with Gasteiger partial charge in [-0.2, -0.15) is 0 Å². The van der Waals surface area contributed by atoms with Crippen LogP contribution >= 0.6 is 0 Å². The maximum atomic E-state index is 11.1. The van der Waals surface area contributed by atoms with Crippen molar-refractivity contribution in [3.8, 4) is 0 Å². The van der Waals surface area contributed by atoms with E-state index in [1.807, 2.05) is 6.92 Å². The van der Waals surface area contributed by atoms with Crippen LogP contribution in [-0.4, -0.2) is 60.6 Å². The van der Waals surface area contributed by atoms with Gasteiger partial charge >= 0.3 is 6.03 Å². The second kappa shape index (κ2) is 5.01. The molecule has 2 saturated heterocycles. The Morgan fingerprint density at radius 2 is 2.00 bits per heavy atom. The van der Waals surface area contributed by atoms with Crippen molar-refractivity contribution in [1.29, 1.82) is 0 Å². The standard InChI is InChI=1S/C11H21N4O/c1-9-8-14(6-7-15(9)11(12)16)10-2-4-13-5-3-10/h9-10,12-13H,2-8H2,1H3. The molecule has 1 unspecified atom stereocenters. The van der Waals surface area contributed by atoms with Gasteiger partial charge in [0.15, 0.2) is 0 Å². The topological polar surface area (TPSA) is 59.4 Å². The molecule has 5 nitrogen and oxygen atoms in total.